The Bertz CT molecular complexity index is 1040. The van der Waals surface area contributed by atoms with Crippen molar-refractivity contribution in [1.29, 1.82) is 0 Å². The summed E-state index contributed by atoms with van der Waals surface area (Å²) in [6.45, 7) is 4.06. The molecule has 2 aromatic rings. The van der Waals surface area contributed by atoms with E-state index in [1.807, 2.05) is 13.8 Å². The van der Waals surface area contributed by atoms with Crippen molar-refractivity contribution < 1.29 is 27.4 Å². The number of rotatable bonds is 11. The first-order valence-corrected chi connectivity index (χ1v) is 11.8. The van der Waals surface area contributed by atoms with Crippen LogP contribution in [0.2, 0.25) is 5.02 Å². The molecule has 32 heavy (non-hydrogen) atoms. The third kappa shape index (κ3) is 6.20. The average Bonchev–Trinajstić information content (AvgIpc) is 2.76. The number of carbonyl (C=O) groups excluding carboxylic acids is 1. The first-order valence-electron chi connectivity index (χ1n) is 9.99. The molecule has 0 saturated heterocycles. The predicted molar refractivity (Wildman–Crippen MR) is 125 cm³/mol. The third-order valence-corrected chi connectivity index (χ3v) is 6.67. The summed E-state index contributed by atoms with van der Waals surface area (Å²) in [4.78, 5) is 12.6. The van der Waals surface area contributed by atoms with Crippen molar-refractivity contribution in [2.45, 2.75) is 25.2 Å². The largest absolute Gasteiger partial charge is 0.495 e. The van der Waals surface area contributed by atoms with Gasteiger partial charge in [0, 0.05) is 17.6 Å². The van der Waals surface area contributed by atoms with Crippen molar-refractivity contribution in [3.63, 3.8) is 0 Å². The molecule has 0 spiro atoms. The van der Waals surface area contributed by atoms with Gasteiger partial charge in [0.25, 0.3) is 10.0 Å². The van der Waals surface area contributed by atoms with Gasteiger partial charge >= 0.3 is 0 Å². The molecule has 2 rings (SSSR count). The summed E-state index contributed by atoms with van der Waals surface area (Å²) >= 11 is 6.14. The van der Waals surface area contributed by atoms with Gasteiger partial charge in [0.05, 0.1) is 31.9 Å². The summed E-state index contributed by atoms with van der Waals surface area (Å²) in [5.74, 6) is 0.831. The van der Waals surface area contributed by atoms with Crippen LogP contribution in [0.15, 0.2) is 41.3 Å². The number of sulfonamides is 1. The molecular formula is C22H29ClN2O6S. The van der Waals surface area contributed by atoms with E-state index < -0.39 is 22.5 Å². The SMILES string of the molecule is COc1ccc(S(=O)(=O)N(CC(=O)NCCC(C)C)c2cc(Cl)ccc2OC)cc1OC. The number of halogens is 1. The van der Waals surface area contributed by atoms with Crippen LogP contribution < -0.4 is 23.8 Å². The van der Waals surface area contributed by atoms with Crippen LogP contribution in [0, 0.1) is 5.92 Å². The number of nitrogens with zero attached hydrogens (tertiary/aromatic N) is 1. The lowest BCUT2D eigenvalue weighted by molar-refractivity contribution is -0.119. The maximum absolute atomic E-state index is 13.6. The summed E-state index contributed by atoms with van der Waals surface area (Å²) in [5.41, 5.74) is 0.147. The number of anilines is 1. The molecule has 0 aliphatic rings. The smallest absolute Gasteiger partial charge is 0.265 e. The van der Waals surface area contributed by atoms with Gasteiger partial charge in [-0.15, -0.1) is 0 Å². The van der Waals surface area contributed by atoms with Gasteiger partial charge in [0.2, 0.25) is 5.91 Å². The Labute approximate surface area is 194 Å². The van der Waals surface area contributed by atoms with Crippen LogP contribution in [-0.2, 0) is 14.8 Å². The van der Waals surface area contributed by atoms with E-state index >= 15 is 0 Å². The second-order valence-corrected chi connectivity index (χ2v) is 9.68. The van der Waals surface area contributed by atoms with Crippen LogP contribution in [-0.4, -0.2) is 48.7 Å². The fraction of sp³-hybridized carbons (Fsp3) is 0.409. The molecule has 0 atom stereocenters. The van der Waals surface area contributed by atoms with E-state index in [4.69, 9.17) is 25.8 Å². The number of hydrogen-bond donors (Lipinski definition) is 1. The second-order valence-electron chi connectivity index (χ2n) is 7.38. The van der Waals surface area contributed by atoms with Gasteiger partial charge in [-0.1, -0.05) is 25.4 Å². The monoisotopic (exact) mass is 484 g/mol. The van der Waals surface area contributed by atoms with Gasteiger partial charge in [0.1, 0.15) is 12.3 Å². The Kier molecular flexibility index (Phi) is 9.03. The Morgan fingerprint density at radius 2 is 1.62 bits per heavy atom. The molecule has 10 heteroatoms. The zero-order chi connectivity index (χ0) is 23.9. The zero-order valence-corrected chi connectivity index (χ0v) is 20.4. The van der Waals surface area contributed by atoms with Crippen molar-refractivity contribution >= 4 is 33.2 Å². The maximum atomic E-state index is 13.6. The first kappa shape index (κ1) is 25.6. The third-order valence-electron chi connectivity index (χ3n) is 4.68. The molecule has 0 saturated carbocycles. The minimum Gasteiger partial charge on any atom is -0.495 e. The number of carbonyl (C=O) groups is 1. The molecule has 0 radical (unpaired) electrons. The molecule has 0 fully saturated rings. The normalized spacial score (nSPS) is 11.2. The lowest BCUT2D eigenvalue weighted by Gasteiger charge is -2.26. The molecule has 176 valence electrons. The highest BCUT2D eigenvalue weighted by atomic mass is 35.5. The van der Waals surface area contributed by atoms with Crippen molar-refractivity contribution in [2.24, 2.45) is 5.92 Å². The van der Waals surface area contributed by atoms with E-state index in [0.717, 1.165) is 10.7 Å². The molecule has 0 heterocycles. The highest BCUT2D eigenvalue weighted by Crippen LogP contribution is 2.36. The van der Waals surface area contributed by atoms with Gasteiger partial charge in [-0.3, -0.25) is 9.10 Å². The predicted octanol–water partition coefficient (Wildman–Crippen LogP) is 3.72. The number of ether oxygens (including phenoxy) is 3. The minimum atomic E-state index is -4.20. The molecule has 2 aromatic carbocycles. The summed E-state index contributed by atoms with van der Waals surface area (Å²) in [6.07, 6.45) is 0.772. The first-order chi connectivity index (χ1) is 15.1. The van der Waals surface area contributed by atoms with E-state index in [1.165, 1.54) is 45.6 Å². The highest BCUT2D eigenvalue weighted by Gasteiger charge is 2.30. The van der Waals surface area contributed by atoms with Crippen molar-refractivity contribution in [3.8, 4) is 17.2 Å². The molecule has 0 bridgehead atoms. The van der Waals surface area contributed by atoms with Crippen LogP contribution in [0.25, 0.3) is 0 Å². The van der Waals surface area contributed by atoms with E-state index in [2.05, 4.69) is 5.32 Å². The van der Waals surface area contributed by atoms with Gasteiger partial charge in [-0.05, 0) is 42.7 Å². The van der Waals surface area contributed by atoms with Crippen molar-refractivity contribution in [1.82, 2.24) is 5.32 Å². The fourth-order valence-electron chi connectivity index (χ4n) is 2.95. The summed E-state index contributed by atoms with van der Waals surface area (Å²) in [6, 6.07) is 8.79. The second kappa shape index (κ2) is 11.3. The summed E-state index contributed by atoms with van der Waals surface area (Å²) in [5, 5.41) is 3.07. The Balaban J connectivity index is 2.53. The zero-order valence-electron chi connectivity index (χ0n) is 18.8. The lowest BCUT2D eigenvalue weighted by atomic mass is 10.1. The van der Waals surface area contributed by atoms with E-state index in [9.17, 15) is 13.2 Å². The molecule has 0 aromatic heterocycles. The van der Waals surface area contributed by atoms with Gasteiger partial charge in [0.15, 0.2) is 11.5 Å². The molecular weight excluding hydrogens is 456 g/mol. The van der Waals surface area contributed by atoms with E-state index in [-0.39, 0.29) is 22.1 Å². The summed E-state index contributed by atoms with van der Waals surface area (Å²) < 4.78 is 44.1. The van der Waals surface area contributed by atoms with E-state index in [1.54, 1.807) is 12.1 Å². The molecule has 1 N–H and O–H groups in total. The maximum Gasteiger partial charge on any atom is 0.265 e. The number of methoxy groups -OCH3 is 3. The molecule has 8 nitrogen and oxygen atoms in total. The van der Waals surface area contributed by atoms with Crippen molar-refractivity contribution in [3.05, 3.63) is 41.4 Å². The number of nitrogens with one attached hydrogen (secondary N) is 1. The van der Waals surface area contributed by atoms with Gasteiger partial charge in [-0.25, -0.2) is 8.42 Å². The van der Waals surface area contributed by atoms with E-state index in [0.29, 0.717) is 23.2 Å². The quantitative estimate of drug-likeness (QED) is 0.522. The highest BCUT2D eigenvalue weighted by molar-refractivity contribution is 7.92. The molecule has 0 unspecified atom stereocenters. The average molecular weight is 485 g/mol. The van der Waals surface area contributed by atoms with Crippen LogP contribution in [0.4, 0.5) is 5.69 Å². The molecule has 1 amide bonds. The summed E-state index contributed by atoms with van der Waals surface area (Å²) in [7, 11) is 0.0801. The lowest BCUT2D eigenvalue weighted by Crippen LogP contribution is -2.41. The molecule has 0 aliphatic carbocycles. The van der Waals surface area contributed by atoms with Gasteiger partial charge in [-0.2, -0.15) is 0 Å². The van der Waals surface area contributed by atoms with Gasteiger partial charge < -0.3 is 19.5 Å². The fourth-order valence-corrected chi connectivity index (χ4v) is 4.55. The topological polar surface area (TPSA) is 94.2 Å². The van der Waals surface area contributed by atoms with Crippen LogP contribution in [0.1, 0.15) is 20.3 Å². The standard InChI is InChI=1S/C22H29ClN2O6S/c1-15(2)10-11-24-22(26)14-25(18-12-16(23)6-8-19(18)29-3)32(27,28)17-7-9-20(30-4)21(13-17)31-5/h6-9,12-13,15H,10-11,14H2,1-5H3,(H,24,26). The van der Waals surface area contributed by atoms with Crippen LogP contribution >= 0.6 is 11.6 Å². The Morgan fingerprint density at radius 3 is 2.22 bits per heavy atom. The number of hydrogen-bond acceptors (Lipinski definition) is 6. The number of amides is 1. The minimum absolute atomic E-state index is 0.0767. The van der Waals surface area contributed by atoms with Crippen molar-refractivity contribution in [2.75, 3.05) is 38.7 Å². The molecule has 0 aliphatic heterocycles. The Hall–Kier alpha value is -2.65. The van der Waals surface area contributed by atoms with Crippen LogP contribution in [0.5, 0.6) is 17.2 Å². The number of benzene rings is 2. The van der Waals surface area contributed by atoms with Crippen LogP contribution in [0.3, 0.4) is 0 Å². The Morgan fingerprint density at radius 1 is 1.00 bits per heavy atom.